The van der Waals surface area contributed by atoms with Gasteiger partial charge in [-0.05, 0) is 36.8 Å². The zero-order chi connectivity index (χ0) is 20.6. The average molecular weight is 385 g/mol. The SMILES string of the molecule is CC(Oc1ccccc1C#N)C(=O)Nc1ccccc1N(C)Cc1ccccc1. The number of ether oxygens (including phenoxy) is 1. The second-order valence-electron chi connectivity index (χ2n) is 6.72. The van der Waals surface area contributed by atoms with Gasteiger partial charge in [-0.2, -0.15) is 5.26 Å². The molecule has 1 unspecified atom stereocenters. The lowest BCUT2D eigenvalue weighted by atomic mass is 10.2. The lowest BCUT2D eigenvalue weighted by molar-refractivity contribution is -0.122. The number of nitrogens with one attached hydrogen (secondary N) is 1. The third-order valence-corrected chi connectivity index (χ3v) is 4.52. The third-order valence-electron chi connectivity index (χ3n) is 4.52. The second-order valence-corrected chi connectivity index (χ2v) is 6.72. The number of nitrogens with zero attached hydrogens (tertiary/aromatic N) is 2. The molecule has 3 aromatic rings. The summed E-state index contributed by atoms with van der Waals surface area (Å²) in [5, 5.41) is 12.1. The highest BCUT2D eigenvalue weighted by Gasteiger charge is 2.18. The summed E-state index contributed by atoms with van der Waals surface area (Å²) in [5.74, 6) is 0.116. The fourth-order valence-corrected chi connectivity index (χ4v) is 2.99. The van der Waals surface area contributed by atoms with Crippen LogP contribution in [0.5, 0.6) is 5.75 Å². The molecule has 0 bridgehead atoms. The van der Waals surface area contributed by atoms with Crippen LogP contribution in [0.2, 0.25) is 0 Å². The molecule has 3 rings (SSSR count). The Hall–Kier alpha value is -3.78. The lowest BCUT2D eigenvalue weighted by Crippen LogP contribution is -2.31. The Labute approximate surface area is 171 Å². The zero-order valence-corrected chi connectivity index (χ0v) is 16.5. The van der Waals surface area contributed by atoms with Crippen LogP contribution in [0.25, 0.3) is 0 Å². The number of nitriles is 1. The smallest absolute Gasteiger partial charge is 0.265 e. The zero-order valence-electron chi connectivity index (χ0n) is 16.5. The number of hydrogen-bond donors (Lipinski definition) is 1. The van der Waals surface area contributed by atoms with Gasteiger partial charge in [-0.25, -0.2) is 0 Å². The summed E-state index contributed by atoms with van der Waals surface area (Å²) < 4.78 is 5.72. The third kappa shape index (κ3) is 5.14. The minimum absolute atomic E-state index is 0.279. The first kappa shape index (κ1) is 20.0. The summed E-state index contributed by atoms with van der Waals surface area (Å²) in [6.45, 7) is 2.38. The fourth-order valence-electron chi connectivity index (χ4n) is 2.99. The van der Waals surface area contributed by atoms with Gasteiger partial charge in [0.2, 0.25) is 0 Å². The maximum atomic E-state index is 12.7. The molecule has 5 nitrogen and oxygen atoms in total. The van der Waals surface area contributed by atoms with Gasteiger partial charge in [0.1, 0.15) is 11.8 Å². The van der Waals surface area contributed by atoms with Crippen molar-refractivity contribution in [2.75, 3.05) is 17.3 Å². The van der Waals surface area contributed by atoms with Crippen molar-refractivity contribution in [3.63, 3.8) is 0 Å². The van der Waals surface area contributed by atoms with Crippen molar-refractivity contribution in [2.24, 2.45) is 0 Å². The topological polar surface area (TPSA) is 65.4 Å². The van der Waals surface area contributed by atoms with E-state index >= 15 is 0 Å². The van der Waals surface area contributed by atoms with E-state index in [2.05, 4.69) is 28.4 Å². The number of amides is 1. The highest BCUT2D eigenvalue weighted by atomic mass is 16.5. The Balaban J connectivity index is 1.71. The van der Waals surface area contributed by atoms with Gasteiger partial charge in [-0.3, -0.25) is 4.79 Å². The van der Waals surface area contributed by atoms with E-state index in [1.807, 2.05) is 49.5 Å². The highest BCUT2D eigenvalue weighted by molar-refractivity contribution is 5.97. The van der Waals surface area contributed by atoms with E-state index in [4.69, 9.17) is 4.74 Å². The molecule has 0 aliphatic heterocycles. The summed E-state index contributed by atoms with van der Waals surface area (Å²) >= 11 is 0. The first-order chi connectivity index (χ1) is 14.1. The Morgan fingerprint density at radius 1 is 1.03 bits per heavy atom. The van der Waals surface area contributed by atoms with Crippen LogP contribution >= 0.6 is 0 Å². The van der Waals surface area contributed by atoms with Crippen molar-refractivity contribution in [1.29, 1.82) is 5.26 Å². The molecular formula is C24H23N3O2. The molecule has 1 N–H and O–H groups in total. The van der Waals surface area contributed by atoms with Crippen molar-refractivity contribution in [2.45, 2.75) is 19.6 Å². The molecule has 1 atom stereocenters. The van der Waals surface area contributed by atoms with Crippen LogP contribution < -0.4 is 15.0 Å². The molecule has 1 amide bonds. The van der Waals surface area contributed by atoms with Crippen LogP contribution in [-0.2, 0) is 11.3 Å². The van der Waals surface area contributed by atoms with Gasteiger partial charge < -0.3 is 15.0 Å². The normalized spacial score (nSPS) is 11.2. The summed E-state index contributed by atoms with van der Waals surface area (Å²) in [4.78, 5) is 14.8. The maximum Gasteiger partial charge on any atom is 0.265 e. The summed E-state index contributed by atoms with van der Waals surface area (Å²) in [6.07, 6.45) is -0.753. The van der Waals surface area contributed by atoms with Gasteiger partial charge >= 0.3 is 0 Å². The fraction of sp³-hybridized carbons (Fsp3) is 0.167. The monoisotopic (exact) mass is 385 g/mol. The van der Waals surface area contributed by atoms with Gasteiger partial charge in [0.15, 0.2) is 6.10 Å². The summed E-state index contributed by atoms with van der Waals surface area (Å²) in [6, 6.07) is 26.8. The van der Waals surface area contributed by atoms with Gasteiger partial charge in [0, 0.05) is 13.6 Å². The molecule has 0 radical (unpaired) electrons. The number of hydrogen-bond acceptors (Lipinski definition) is 4. The van der Waals surface area contributed by atoms with Crippen molar-refractivity contribution in [1.82, 2.24) is 0 Å². The predicted molar refractivity (Wildman–Crippen MR) is 115 cm³/mol. The quantitative estimate of drug-likeness (QED) is 0.645. The first-order valence-corrected chi connectivity index (χ1v) is 9.39. The van der Waals surface area contributed by atoms with E-state index in [-0.39, 0.29) is 5.91 Å². The van der Waals surface area contributed by atoms with Crippen LogP contribution in [-0.4, -0.2) is 19.1 Å². The molecule has 146 valence electrons. The first-order valence-electron chi connectivity index (χ1n) is 9.39. The molecule has 29 heavy (non-hydrogen) atoms. The lowest BCUT2D eigenvalue weighted by Gasteiger charge is -2.23. The molecule has 3 aromatic carbocycles. The molecule has 0 aliphatic rings. The maximum absolute atomic E-state index is 12.7. The number of carbonyl (C=O) groups is 1. The number of rotatable bonds is 7. The molecular weight excluding hydrogens is 362 g/mol. The Kier molecular flexibility index (Phi) is 6.49. The number of carbonyl (C=O) groups excluding carboxylic acids is 1. The predicted octanol–water partition coefficient (Wildman–Crippen LogP) is 4.60. The van der Waals surface area contributed by atoms with Crippen LogP contribution in [0.15, 0.2) is 78.9 Å². The minimum atomic E-state index is -0.753. The van der Waals surface area contributed by atoms with Crippen LogP contribution in [0.4, 0.5) is 11.4 Å². The number of benzene rings is 3. The van der Waals surface area contributed by atoms with Crippen molar-refractivity contribution < 1.29 is 9.53 Å². The van der Waals surface area contributed by atoms with Gasteiger partial charge in [-0.15, -0.1) is 0 Å². The van der Waals surface area contributed by atoms with E-state index in [9.17, 15) is 10.1 Å². The van der Waals surface area contributed by atoms with E-state index in [1.165, 1.54) is 5.56 Å². The van der Waals surface area contributed by atoms with E-state index in [1.54, 1.807) is 31.2 Å². The Morgan fingerprint density at radius 3 is 2.45 bits per heavy atom. The second kappa shape index (κ2) is 9.43. The van der Waals surface area contributed by atoms with Gasteiger partial charge in [0.05, 0.1) is 16.9 Å². The molecule has 0 heterocycles. The summed E-state index contributed by atoms with van der Waals surface area (Å²) in [5.41, 5.74) is 3.20. The number of anilines is 2. The molecule has 0 aromatic heterocycles. The van der Waals surface area contributed by atoms with E-state index in [0.717, 1.165) is 12.2 Å². The molecule has 0 aliphatic carbocycles. The van der Waals surface area contributed by atoms with Crippen LogP contribution in [0, 0.1) is 11.3 Å². The highest BCUT2D eigenvalue weighted by Crippen LogP contribution is 2.26. The molecule has 0 saturated carbocycles. The average Bonchev–Trinajstić information content (AvgIpc) is 2.75. The molecule has 0 spiro atoms. The van der Waals surface area contributed by atoms with Crippen molar-refractivity contribution in [3.8, 4) is 11.8 Å². The molecule has 0 saturated heterocycles. The Bertz CT molecular complexity index is 1010. The number of para-hydroxylation sites is 3. The Morgan fingerprint density at radius 2 is 1.69 bits per heavy atom. The van der Waals surface area contributed by atoms with Crippen LogP contribution in [0.1, 0.15) is 18.1 Å². The van der Waals surface area contributed by atoms with Crippen LogP contribution in [0.3, 0.4) is 0 Å². The molecule has 5 heteroatoms. The molecule has 0 fully saturated rings. The largest absolute Gasteiger partial charge is 0.480 e. The van der Waals surface area contributed by atoms with Crippen molar-refractivity contribution in [3.05, 3.63) is 90.0 Å². The van der Waals surface area contributed by atoms with Gasteiger partial charge in [-0.1, -0.05) is 54.6 Å². The van der Waals surface area contributed by atoms with E-state index in [0.29, 0.717) is 17.0 Å². The van der Waals surface area contributed by atoms with Gasteiger partial charge in [0.25, 0.3) is 5.91 Å². The summed E-state index contributed by atoms with van der Waals surface area (Å²) in [7, 11) is 1.99. The van der Waals surface area contributed by atoms with E-state index < -0.39 is 6.10 Å². The standard InChI is InChI=1S/C24H23N3O2/c1-18(29-23-15-9-6-12-20(23)16-25)24(28)26-21-13-7-8-14-22(21)27(2)17-19-10-4-3-5-11-19/h3-15,18H,17H2,1-2H3,(H,26,28). The van der Waals surface area contributed by atoms with Crippen molar-refractivity contribution >= 4 is 17.3 Å². The minimum Gasteiger partial charge on any atom is -0.480 e.